The summed E-state index contributed by atoms with van der Waals surface area (Å²) in [4.78, 5) is 4.11. The Hall–Kier alpha value is -2.37. The molecule has 0 aliphatic heterocycles. The third-order valence-corrected chi connectivity index (χ3v) is 2.95. The molecule has 1 heterocycles. The fourth-order valence-electron chi connectivity index (χ4n) is 1.93. The lowest BCUT2D eigenvalue weighted by Gasteiger charge is -2.16. The summed E-state index contributed by atoms with van der Waals surface area (Å²) in [6.07, 6.45) is 1.66. The van der Waals surface area contributed by atoms with E-state index in [2.05, 4.69) is 15.0 Å². The molecule has 1 aromatic carbocycles. The van der Waals surface area contributed by atoms with E-state index in [1.54, 1.807) is 37.5 Å². The second-order valence-electron chi connectivity index (χ2n) is 4.29. The molecule has 0 aliphatic carbocycles. The topological polar surface area (TPSA) is 43.4 Å². The Morgan fingerprint density at radius 2 is 1.95 bits per heavy atom. The summed E-state index contributed by atoms with van der Waals surface area (Å²) in [6, 6.07) is 8.43. The summed E-state index contributed by atoms with van der Waals surface area (Å²) >= 11 is 0. The molecular formula is C15H16F2N2O2. The van der Waals surface area contributed by atoms with Crippen molar-refractivity contribution in [1.82, 2.24) is 4.98 Å². The van der Waals surface area contributed by atoms with Gasteiger partial charge in [0.2, 0.25) is 0 Å². The van der Waals surface area contributed by atoms with E-state index in [4.69, 9.17) is 4.74 Å². The van der Waals surface area contributed by atoms with Crippen LogP contribution in [0.5, 0.6) is 11.5 Å². The van der Waals surface area contributed by atoms with Gasteiger partial charge in [0, 0.05) is 18.9 Å². The fraction of sp³-hybridized carbons (Fsp3) is 0.267. The zero-order chi connectivity index (χ0) is 15.2. The van der Waals surface area contributed by atoms with Crippen molar-refractivity contribution in [3.63, 3.8) is 0 Å². The molecule has 0 spiro atoms. The minimum absolute atomic E-state index is 0.0957. The second kappa shape index (κ2) is 6.88. The van der Waals surface area contributed by atoms with E-state index in [1.165, 1.54) is 6.07 Å². The minimum atomic E-state index is -2.88. The van der Waals surface area contributed by atoms with Crippen molar-refractivity contribution in [1.29, 1.82) is 0 Å². The van der Waals surface area contributed by atoms with Gasteiger partial charge in [-0.05, 0) is 31.2 Å². The molecule has 1 aromatic heterocycles. The smallest absolute Gasteiger partial charge is 0.387 e. The Kier molecular flexibility index (Phi) is 4.92. The Bertz CT molecular complexity index is 606. The first-order valence-corrected chi connectivity index (χ1v) is 6.40. The summed E-state index contributed by atoms with van der Waals surface area (Å²) < 4.78 is 35.1. The van der Waals surface area contributed by atoms with Gasteiger partial charge in [-0.3, -0.25) is 4.98 Å². The largest absolute Gasteiger partial charge is 0.487 e. The van der Waals surface area contributed by atoms with E-state index >= 15 is 0 Å². The van der Waals surface area contributed by atoms with Gasteiger partial charge in [0.25, 0.3) is 0 Å². The number of nitrogens with one attached hydrogen (secondary N) is 1. The van der Waals surface area contributed by atoms with Gasteiger partial charge < -0.3 is 14.8 Å². The maximum absolute atomic E-state index is 12.5. The Morgan fingerprint density at radius 3 is 2.62 bits per heavy atom. The highest BCUT2D eigenvalue weighted by molar-refractivity contribution is 5.57. The number of anilines is 1. The van der Waals surface area contributed by atoms with E-state index in [-0.39, 0.29) is 12.4 Å². The van der Waals surface area contributed by atoms with E-state index in [1.807, 2.05) is 6.92 Å². The molecule has 112 valence electrons. The summed E-state index contributed by atoms with van der Waals surface area (Å²) in [7, 11) is 1.71. The normalized spacial score (nSPS) is 10.5. The third-order valence-electron chi connectivity index (χ3n) is 2.95. The van der Waals surface area contributed by atoms with Crippen LogP contribution in [0.1, 0.15) is 11.3 Å². The minimum Gasteiger partial charge on any atom is -0.487 e. The number of nitrogens with zero attached hydrogens (tertiary/aromatic N) is 1. The number of aromatic nitrogens is 1. The molecular weight excluding hydrogens is 278 g/mol. The maximum atomic E-state index is 12.5. The maximum Gasteiger partial charge on any atom is 0.387 e. The van der Waals surface area contributed by atoms with Crippen LogP contribution in [-0.2, 0) is 6.61 Å². The molecule has 1 N–H and O–H groups in total. The van der Waals surface area contributed by atoms with Crippen molar-refractivity contribution in [3.05, 3.63) is 47.8 Å². The van der Waals surface area contributed by atoms with Crippen LogP contribution in [0.4, 0.5) is 14.5 Å². The van der Waals surface area contributed by atoms with Crippen LogP contribution in [0, 0.1) is 6.92 Å². The Morgan fingerprint density at radius 1 is 1.19 bits per heavy atom. The van der Waals surface area contributed by atoms with Crippen LogP contribution in [0.15, 0.2) is 36.5 Å². The third kappa shape index (κ3) is 3.81. The van der Waals surface area contributed by atoms with Gasteiger partial charge in [0.1, 0.15) is 18.1 Å². The number of rotatable bonds is 6. The van der Waals surface area contributed by atoms with Gasteiger partial charge in [-0.2, -0.15) is 8.78 Å². The number of hydrogen-bond acceptors (Lipinski definition) is 4. The number of halogens is 2. The molecule has 0 atom stereocenters. The number of hydrogen-bond donors (Lipinski definition) is 1. The standard InChI is InChI=1S/C15H16F2N2O2/c1-10-13(7-4-8-19-10)20-9-11-12(18-2)5-3-6-14(11)21-15(16)17/h3-8,15,18H,9H2,1-2H3. The van der Waals surface area contributed by atoms with Crippen LogP contribution >= 0.6 is 0 Å². The van der Waals surface area contributed by atoms with Crippen LogP contribution in [0.2, 0.25) is 0 Å². The highest BCUT2D eigenvalue weighted by Crippen LogP contribution is 2.29. The number of ether oxygens (including phenoxy) is 2. The van der Waals surface area contributed by atoms with Gasteiger partial charge >= 0.3 is 6.61 Å². The highest BCUT2D eigenvalue weighted by Gasteiger charge is 2.14. The molecule has 2 rings (SSSR count). The number of alkyl halides is 2. The fourth-order valence-corrected chi connectivity index (χ4v) is 1.93. The van der Waals surface area contributed by atoms with Gasteiger partial charge in [-0.15, -0.1) is 0 Å². The quantitative estimate of drug-likeness (QED) is 0.884. The lowest BCUT2D eigenvalue weighted by atomic mass is 10.1. The molecule has 0 bridgehead atoms. The molecule has 6 heteroatoms. The molecule has 0 unspecified atom stereocenters. The summed E-state index contributed by atoms with van der Waals surface area (Å²) in [6.45, 7) is -0.961. The van der Waals surface area contributed by atoms with Crippen LogP contribution in [0.3, 0.4) is 0 Å². The molecule has 0 saturated heterocycles. The van der Waals surface area contributed by atoms with Crippen molar-refractivity contribution in [2.75, 3.05) is 12.4 Å². The van der Waals surface area contributed by atoms with Gasteiger partial charge in [-0.1, -0.05) is 6.07 Å². The molecule has 0 saturated carbocycles. The molecule has 2 aromatic rings. The van der Waals surface area contributed by atoms with E-state index in [0.29, 0.717) is 17.0 Å². The molecule has 0 fully saturated rings. The van der Waals surface area contributed by atoms with Crippen LogP contribution in [-0.4, -0.2) is 18.6 Å². The molecule has 21 heavy (non-hydrogen) atoms. The summed E-state index contributed by atoms with van der Waals surface area (Å²) in [5.74, 6) is 0.699. The highest BCUT2D eigenvalue weighted by atomic mass is 19.3. The molecule has 0 amide bonds. The summed E-state index contributed by atoms with van der Waals surface area (Å²) in [5, 5.41) is 2.94. The molecule has 4 nitrogen and oxygen atoms in total. The number of pyridine rings is 1. The van der Waals surface area contributed by atoms with Crippen molar-refractivity contribution >= 4 is 5.69 Å². The predicted molar refractivity (Wildman–Crippen MR) is 75.9 cm³/mol. The Labute approximate surface area is 121 Å². The lowest BCUT2D eigenvalue weighted by Crippen LogP contribution is -2.08. The average Bonchev–Trinajstić information content (AvgIpc) is 2.46. The van der Waals surface area contributed by atoms with E-state index in [0.717, 1.165) is 5.69 Å². The summed E-state index contributed by atoms with van der Waals surface area (Å²) in [5.41, 5.74) is 1.94. The van der Waals surface area contributed by atoms with E-state index < -0.39 is 6.61 Å². The second-order valence-corrected chi connectivity index (χ2v) is 4.29. The van der Waals surface area contributed by atoms with Gasteiger partial charge in [0.05, 0.1) is 11.3 Å². The Balaban J connectivity index is 2.23. The first kappa shape index (κ1) is 15.0. The van der Waals surface area contributed by atoms with Crippen molar-refractivity contribution < 1.29 is 18.3 Å². The van der Waals surface area contributed by atoms with Crippen molar-refractivity contribution in [3.8, 4) is 11.5 Å². The van der Waals surface area contributed by atoms with Crippen LogP contribution in [0.25, 0.3) is 0 Å². The number of benzene rings is 1. The van der Waals surface area contributed by atoms with Crippen LogP contribution < -0.4 is 14.8 Å². The molecule has 0 aliphatic rings. The zero-order valence-electron chi connectivity index (χ0n) is 11.8. The lowest BCUT2D eigenvalue weighted by molar-refractivity contribution is -0.0507. The van der Waals surface area contributed by atoms with E-state index in [9.17, 15) is 8.78 Å². The first-order chi connectivity index (χ1) is 10.1. The average molecular weight is 294 g/mol. The SMILES string of the molecule is CNc1cccc(OC(F)F)c1COc1cccnc1C. The predicted octanol–water partition coefficient (Wildman–Crippen LogP) is 3.61. The molecule has 0 radical (unpaired) electrons. The van der Waals surface area contributed by atoms with Gasteiger partial charge in [0.15, 0.2) is 0 Å². The van der Waals surface area contributed by atoms with Gasteiger partial charge in [-0.25, -0.2) is 0 Å². The van der Waals surface area contributed by atoms with Crippen molar-refractivity contribution in [2.45, 2.75) is 20.1 Å². The monoisotopic (exact) mass is 294 g/mol. The number of aryl methyl sites for hydroxylation is 1. The first-order valence-electron chi connectivity index (χ1n) is 6.40. The van der Waals surface area contributed by atoms with Crippen molar-refractivity contribution in [2.24, 2.45) is 0 Å². The zero-order valence-corrected chi connectivity index (χ0v) is 11.8.